The Balaban J connectivity index is 1.67. The van der Waals surface area contributed by atoms with E-state index in [4.69, 9.17) is 5.11 Å². The lowest BCUT2D eigenvalue weighted by Gasteiger charge is -2.17. The predicted molar refractivity (Wildman–Crippen MR) is 96.8 cm³/mol. The lowest BCUT2D eigenvalue weighted by molar-refractivity contribution is -0.137. The summed E-state index contributed by atoms with van der Waals surface area (Å²) in [5.74, 6) is -1.23. The molecule has 1 atom stereocenters. The summed E-state index contributed by atoms with van der Waals surface area (Å²) in [5.41, 5.74) is 2.29. The summed E-state index contributed by atoms with van der Waals surface area (Å²) in [7, 11) is 0. The van der Waals surface area contributed by atoms with E-state index >= 15 is 0 Å². The molecule has 3 aromatic rings. The van der Waals surface area contributed by atoms with E-state index in [0.29, 0.717) is 5.69 Å². The molecule has 0 aliphatic rings. The molecular formula is C20H19N3O3. The highest BCUT2D eigenvalue weighted by molar-refractivity contribution is 5.79. The Labute approximate surface area is 151 Å². The van der Waals surface area contributed by atoms with Crippen LogP contribution in [0.4, 0.5) is 0 Å². The summed E-state index contributed by atoms with van der Waals surface area (Å²) in [5, 5.41) is 16.3. The van der Waals surface area contributed by atoms with Crippen LogP contribution in [-0.4, -0.2) is 26.8 Å². The summed E-state index contributed by atoms with van der Waals surface area (Å²) in [6.45, 7) is 0. The molecular weight excluding hydrogens is 330 g/mol. The van der Waals surface area contributed by atoms with Crippen LogP contribution in [0, 0.1) is 0 Å². The zero-order valence-electron chi connectivity index (χ0n) is 14.1. The number of aromatic nitrogens is 2. The van der Waals surface area contributed by atoms with Crippen molar-refractivity contribution in [3.8, 4) is 5.69 Å². The van der Waals surface area contributed by atoms with E-state index in [2.05, 4.69) is 10.4 Å². The Morgan fingerprint density at radius 1 is 1.00 bits per heavy atom. The number of nitrogens with zero attached hydrogens (tertiary/aromatic N) is 2. The van der Waals surface area contributed by atoms with Gasteiger partial charge in [0, 0.05) is 6.20 Å². The Bertz CT molecular complexity index is 876. The molecule has 0 saturated heterocycles. The van der Waals surface area contributed by atoms with Gasteiger partial charge in [-0.2, -0.15) is 5.10 Å². The van der Waals surface area contributed by atoms with Gasteiger partial charge in [0.15, 0.2) is 0 Å². The van der Waals surface area contributed by atoms with Gasteiger partial charge in [-0.25, -0.2) is 4.68 Å². The van der Waals surface area contributed by atoms with Gasteiger partial charge in [-0.1, -0.05) is 48.5 Å². The van der Waals surface area contributed by atoms with Crippen molar-refractivity contribution < 1.29 is 14.7 Å². The SMILES string of the molecule is O=C(O)CC(NC(=O)Cc1ccn(-c2ccccc2)n1)c1ccccc1. The molecule has 1 unspecified atom stereocenters. The molecule has 0 aliphatic heterocycles. The summed E-state index contributed by atoms with van der Waals surface area (Å²) in [6.07, 6.45) is 1.71. The van der Waals surface area contributed by atoms with Gasteiger partial charge in [0.2, 0.25) is 5.91 Å². The van der Waals surface area contributed by atoms with Crippen molar-refractivity contribution >= 4 is 11.9 Å². The lowest BCUT2D eigenvalue weighted by Crippen LogP contribution is -2.31. The van der Waals surface area contributed by atoms with Gasteiger partial charge in [-0.05, 0) is 23.8 Å². The first kappa shape index (κ1) is 17.4. The minimum Gasteiger partial charge on any atom is -0.481 e. The third-order valence-electron chi connectivity index (χ3n) is 3.92. The highest BCUT2D eigenvalue weighted by Gasteiger charge is 2.18. The molecule has 1 amide bonds. The maximum Gasteiger partial charge on any atom is 0.305 e. The fourth-order valence-corrected chi connectivity index (χ4v) is 2.70. The van der Waals surface area contributed by atoms with Crippen LogP contribution in [0.3, 0.4) is 0 Å². The number of nitrogens with one attached hydrogen (secondary N) is 1. The van der Waals surface area contributed by atoms with Crippen LogP contribution < -0.4 is 5.32 Å². The molecule has 3 rings (SSSR count). The number of rotatable bonds is 7. The number of amides is 1. The first-order valence-electron chi connectivity index (χ1n) is 8.28. The van der Waals surface area contributed by atoms with Crippen LogP contribution in [0.1, 0.15) is 23.7 Å². The maximum atomic E-state index is 12.4. The number of aliphatic carboxylic acids is 1. The van der Waals surface area contributed by atoms with E-state index in [9.17, 15) is 9.59 Å². The summed E-state index contributed by atoms with van der Waals surface area (Å²) in [6, 6.07) is 19.9. The molecule has 2 aromatic carbocycles. The van der Waals surface area contributed by atoms with Crippen LogP contribution in [0.2, 0.25) is 0 Å². The van der Waals surface area contributed by atoms with Crippen LogP contribution >= 0.6 is 0 Å². The molecule has 0 spiro atoms. The first-order valence-corrected chi connectivity index (χ1v) is 8.28. The molecule has 6 nitrogen and oxygen atoms in total. The Hall–Kier alpha value is -3.41. The van der Waals surface area contributed by atoms with Gasteiger partial charge in [-0.15, -0.1) is 0 Å². The van der Waals surface area contributed by atoms with Gasteiger partial charge in [-0.3, -0.25) is 9.59 Å². The van der Waals surface area contributed by atoms with E-state index in [0.717, 1.165) is 11.3 Å². The van der Waals surface area contributed by atoms with Crippen LogP contribution in [0.25, 0.3) is 5.69 Å². The number of carbonyl (C=O) groups is 2. The summed E-state index contributed by atoms with van der Waals surface area (Å²) in [4.78, 5) is 23.5. The van der Waals surface area contributed by atoms with Gasteiger partial charge in [0.1, 0.15) is 0 Å². The molecule has 0 bridgehead atoms. The van der Waals surface area contributed by atoms with Crippen molar-refractivity contribution in [2.24, 2.45) is 0 Å². The van der Waals surface area contributed by atoms with Gasteiger partial charge in [0.05, 0.1) is 30.3 Å². The van der Waals surface area contributed by atoms with Crippen LogP contribution in [0.15, 0.2) is 72.9 Å². The van der Waals surface area contributed by atoms with Crippen molar-refractivity contribution in [2.45, 2.75) is 18.9 Å². The molecule has 2 N–H and O–H groups in total. The van der Waals surface area contributed by atoms with Crippen molar-refractivity contribution in [2.75, 3.05) is 0 Å². The van der Waals surface area contributed by atoms with E-state index < -0.39 is 12.0 Å². The minimum absolute atomic E-state index is 0.0861. The van der Waals surface area contributed by atoms with Gasteiger partial charge in [0.25, 0.3) is 0 Å². The topological polar surface area (TPSA) is 84.2 Å². The predicted octanol–water partition coefficient (Wildman–Crippen LogP) is 2.75. The second kappa shape index (κ2) is 8.11. The average Bonchev–Trinajstić information content (AvgIpc) is 3.10. The number of benzene rings is 2. The lowest BCUT2D eigenvalue weighted by atomic mass is 10.0. The Morgan fingerprint density at radius 3 is 2.31 bits per heavy atom. The van der Waals surface area contributed by atoms with E-state index in [1.807, 2.05) is 48.5 Å². The maximum absolute atomic E-state index is 12.4. The van der Waals surface area contributed by atoms with E-state index in [1.165, 1.54) is 0 Å². The van der Waals surface area contributed by atoms with Crippen molar-refractivity contribution in [3.05, 3.63) is 84.2 Å². The number of para-hydroxylation sites is 1. The number of hydrogen-bond acceptors (Lipinski definition) is 3. The second-order valence-electron chi connectivity index (χ2n) is 5.89. The first-order chi connectivity index (χ1) is 12.6. The fraction of sp³-hybridized carbons (Fsp3) is 0.150. The molecule has 1 heterocycles. The third-order valence-corrected chi connectivity index (χ3v) is 3.92. The Morgan fingerprint density at radius 2 is 1.65 bits per heavy atom. The number of hydrogen-bond donors (Lipinski definition) is 2. The quantitative estimate of drug-likeness (QED) is 0.687. The van der Waals surface area contributed by atoms with Crippen molar-refractivity contribution in [1.82, 2.24) is 15.1 Å². The van der Waals surface area contributed by atoms with Crippen molar-refractivity contribution in [3.63, 3.8) is 0 Å². The van der Waals surface area contributed by atoms with Gasteiger partial charge < -0.3 is 10.4 Å². The highest BCUT2D eigenvalue weighted by Crippen LogP contribution is 2.17. The fourth-order valence-electron chi connectivity index (χ4n) is 2.70. The molecule has 0 aliphatic carbocycles. The molecule has 0 saturated carbocycles. The molecule has 0 radical (unpaired) electrons. The largest absolute Gasteiger partial charge is 0.481 e. The number of carbonyl (C=O) groups excluding carboxylic acids is 1. The summed E-state index contributed by atoms with van der Waals surface area (Å²) >= 11 is 0. The molecule has 132 valence electrons. The molecule has 1 aromatic heterocycles. The zero-order chi connectivity index (χ0) is 18.4. The third kappa shape index (κ3) is 4.57. The number of carboxylic acid groups (broad SMARTS) is 1. The van der Waals surface area contributed by atoms with Crippen LogP contribution in [-0.2, 0) is 16.0 Å². The average molecular weight is 349 g/mol. The zero-order valence-corrected chi connectivity index (χ0v) is 14.1. The smallest absolute Gasteiger partial charge is 0.305 e. The molecule has 0 fully saturated rings. The van der Waals surface area contributed by atoms with E-state index in [1.54, 1.807) is 29.1 Å². The van der Waals surface area contributed by atoms with Crippen LogP contribution in [0.5, 0.6) is 0 Å². The Kier molecular flexibility index (Phi) is 5.43. The second-order valence-corrected chi connectivity index (χ2v) is 5.89. The molecule has 6 heteroatoms. The molecule has 26 heavy (non-hydrogen) atoms. The highest BCUT2D eigenvalue weighted by atomic mass is 16.4. The monoisotopic (exact) mass is 349 g/mol. The standard InChI is InChI=1S/C20H19N3O3/c24-19(21-18(14-20(25)26)15-7-3-1-4-8-15)13-16-11-12-23(22-16)17-9-5-2-6-10-17/h1-12,18H,13-14H2,(H,21,24)(H,25,26). The minimum atomic E-state index is -0.965. The number of carboxylic acids is 1. The van der Waals surface area contributed by atoms with Gasteiger partial charge >= 0.3 is 5.97 Å². The van der Waals surface area contributed by atoms with Crippen molar-refractivity contribution in [1.29, 1.82) is 0 Å². The normalized spacial score (nSPS) is 11.7. The van der Waals surface area contributed by atoms with E-state index in [-0.39, 0.29) is 18.7 Å². The summed E-state index contributed by atoms with van der Waals surface area (Å²) < 4.78 is 1.70.